The monoisotopic (exact) mass is 147 g/mol. The topological polar surface area (TPSA) is 63.3 Å². The van der Waals surface area contributed by atoms with Crippen LogP contribution in [0.25, 0.3) is 0 Å². The summed E-state index contributed by atoms with van der Waals surface area (Å²) in [4.78, 5) is 10.3. The third-order valence-electron chi connectivity index (χ3n) is 1.30. The molecule has 52 valence electrons. The lowest BCUT2D eigenvalue weighted by Crippen LogP contribution is -2.21. The number of thioether (sulfide) groups is 1. The number of carboxylic acid groups (broad SMARTS) is 1. The van der Waals surface area contributed by atoms with Crippen molar-refractivity contribution in [3.8, 4) is 0 Å². The summed E-state index contributed by atoms with van der Waals surface area (Å²) in [7, 11) is 0. The second-order valence-electron chi connectivity index (χ2n) is 2.16. The van der Waals surface area contributed by atoms with Gasteiger partial charge >= 0.3 is 5.97 Å². The fraction of sp³-hybridized carbons (Fsp3) is 0.800. The predicted molar refractivity (Wildman–Crippen MR) is 36.5 cm³/mol. The number of aliphatic carboxylic acids is 1. The number of carboxylic acids is 1. The molecule has 1 aliphatic rings. The molecule has 0 aromatic rings. The van der Waals surface area contributed by atoms with Gasteiger partial charge < -0.3 is 10.8 Å². The maximum absolute atomic E-state index is 10.3. The summed E-state index contributed by atoms with van der Waals surface area (Å²) in [5.74, 6) is 0.0599. The molecule has 9 heavy (non-hydrogen) atoms. The first kappa shape index (κ1) is 6.89. The third-order valence-corrected chi connectivity index (χ3v) is 2.72. The Balaban J connectivity index is 2.39. The summed E-state index contributed by atoms with van der Waals surface area (Å²) in [6, 6.07) is 0.0936. The Morgan fingerprint density at radius 1 is 1.78 bits per heavy atom. The Labute approximate surface area is 57.6 Å². The van der Waals surface area contributed by atoms with Gasteiger partial charge in [0.25, 0.3) is 0 Å². The van der Waals surface area contributed by atoms with Gasteiger partial charge in [-0.15, -0.1) is 11.8 Å². The van der Waals surface area contributed by atoms with Crippen LogP contribution < -0.4 is 5.73 Å². The highest BCUT2D eigenvalue weighted by Gasteiger charge is 2.27. The van der Waals surface area contributed by atoms with Gasteiger partial charge in [-0.05, 0) is 6.42 Å². The summed E-state index contributed by atoms with van der Waals surface area (Å²) in [5.41, 5.74) is 5.48. The molecule has 1 aliphatic heterocycles. The molecule has 3 nitrogen and oxygen atoms in total. The van der Waals surface area contributed by atoms with Crippen LogP contribution in [0.1, 0.15) is 6.42 Å². The smallest absolute Gasteiger partial charge is 0.316 e. The van der Waals surface area contributed by atoms with E-state index in [1.54, 1.807) is 0 Å². The number of hydrogen-bond donors (Lipinski definition) is 2. The maximum Gasteiger partial charge on any atom is 0.316 e. The standard InChI is InChI=1S/C5H9NO2S/c6-3-1-4(5(7)8)9-2-3/h3-4H,1-2,6H2,(H,7,8)/t3-,4+/m0/s1. The van der Waals surface area contributed by atoms with Crippen molar-refractivity contribution in [3.63, 3.8) is 0 Å². The first-order chi connectivity index (χ1) is 4.20. The minimum absolute atomic E-state index is 0.0936. The molecule has 1 fully saturated rings. The van der Waals surface area contributed by atoms with Gasteiger partial charge in [-0.25, -0.2) is 0 Å². The molecule has 0 bridgehead atoms. The quantitative estimate of drug-likeness (QED) is 0.544. The van der Waals surface area contributed by atoms with Crippen molar-refractivity contribution in [1.29, 1.82) is 0 Å². The molecule has 1 heterocycles. The van der Waals surface area contributed by atoms with E-state index in [0.29, 0.717) is 6.42 Å². The van der Waals surface area contributed by atoms with Crippen LogP contribution in [0.15, 0.2) is 0 Å². The van der Waals surface area contributed by atoms with Gasteiger partial charge in [0.15, 0.2) is 0 Å². The molecule has 2 atom stereocenters. The van der Waals surface area contributed by atoms with Crippen molar-refractivity contribution < 1.29 is 9.90 Å². The molecule has 0 unspecified atom stereocenters. The molecule has 0 saturated carbocycles. The van der Waals surface area contributed by atoms with Gasteiger partial charge in [0.05, 0.1) is 0 Å². The average Bonchev–Trinajstić information content (AvgIpc) is 2.14. The van der Waals surface area contributed by atoms with E-state index in [-0.39, 0.29) is 11.3 Å². The SMILES string of the molecule is N[C@@H]1CS[C@@H](C(=O)O)C1. The van der Waals surface area contributed by atoms with Crippen molar-refractivity contribution in [3.05, 3.63) is 0 Å². The highest BCUT2D eigenvalue weighted by molar-refractivity contribution is 8.00. The lowest BCUT2D eigenvalue weighted by molar-refractivity contribution is -0.136. The van der Waals surface area contributed by atoms with E-state index in [1.165, 1.54) is 11.8 Å². The van der Waals surface area contributed by atoms with Gasteiger partial charge in [-0.2, -0.15) is 0 Å². The van der Waals surface area contributed by atoms with Crippen LogP contribution in [0.5, 0.6) is 0 Å². The minimum Gasteiger partial charge on any atom is -0.480 e. The lowest BCUT2D eigenvalue weighted by Gasteiger charge is -1.98. The Kier molecular flexibility index (Phi) is 1.97. The van der Waals surface area contributed by atoms with Crippen LogP contribution in [0, 0.1) is 0 Å². The van der Waals surface area contributed by atoms with E-state index in [2.05, 4.69) is 0 Å². The van der Waals surface area contributed by atoms with E-state index in [1.807, 2.05) is 0 Å². The lowest BCUT2D eigenvalue weighted by atomic mass is 10.2. The van der Waals surface area contributed by atoms with Crippen LogP contribution in [-0.2, 0) is 4.79 Å². The minimum atomic E-state index is -0.729. The largest absolute Gasteiger partial charge is 0.480 e. The number of rotatable bonds is 1. The van der Waals surface area contributed by atoms with Gasteiger partial charge in [0.2, 0.25) is 0 Å². The molecule has 1 rings (SSSR count). The molecule has 0 radical (unpaired) electrons. The first-order valence-electron chi connectivity index (χ1n) is 2.80. The maximum atomic E-state index is 10.3. The second-order valence-corrected chi connectivity index (χ2v) is 3.39. The third kappa shape index (κ3) is 1.59. The van der Waals surface area contributed by atoms with E-state index in [4.69, 9.17) is 10.8 Å². The van der Waals surface area contributed by atoms with Gasteiger partial charge in [0, 0.05) is 11.8 Å². The van der Waals surface area contributed by atoms with E-state index >= 15 is 0 Å². The zero-order valence-electron chi connectivity index (χ0n) is 4.91. The Bertz CT molecular complexity index is 128. The molecular weight excluding hydrogens is 138 g/mol. The second kappa shape index (κ2) is 2.58. The Hall–Kier alpha value is -0.220. The molecule has 4 heteroatoms. The fourth-order valence-electron chi connectivity index (χ4n) is 0.823. The van der Waals surface area contributed by atoms with E-state index < -0.39 is 5.97 Å². The summed E-state index contributed by atoms with van der Waals surface area (Å²) < 4.78 is 0. The van der Waals surface area contributed by atoms with Crippen LogP contribution >= 0.6 is 11.8 Å². The molecule has 1 saturated heterocycles. The zero-order chi connectivity index (χ0) is 6.85. The first-order valence-corrected chi connectivity index (χ1v) is 3.85. The van der Waals surface area contributed by atoms with Crippen molar-refractivity contribution in [1.82, 2.24) is 0 Å². The van der Waals surface area contributed by atoms with Crippen molar-refractivity contribution in [2.45, 2.75) is 17.7 Å². The van der Waals surface area contributed by atoms with Crippen LogP contribution in [0.4, 0.5) is 0 Å². The normalized spacial score (nSPS) is 34.8. The molecule has 0 spiro atoms. The van der Waals surface area contributed by atoms with E-state index in [0.717, 1.165) is 5.75 Å². The van der Waals surface area contributed by atoms with Crippen LogP contribution in [-0.4, -0.2) is 28.1 Å². The summed E-state index contributed by atoms with van der Waals surface area (Å²) >= 11 is 1.43. The average molecular weight is 147 g/mol. The van der Waals surface area contributed by atoms with Crippen LogP contribution in [0.2, 0.25) is 0 Å². The summed E-state index contributed by atoms with van der Waals surface area (Å²) in [6.07, 6.45) is 0.625. The van der Waals surface area contributed by atoms with Crippen molar-refractivity contribution >= 4 is 17.7 Å². The Morgan fingerprint density at radius 3 is 2.67 bits per heavy atom. The van der Waals surface area contributed by atoms with Crippen molar-refractivity contribution in [2.24, 2.45) is 5.73 Å². The van der Waals surface area contributed by atoms with Crippen molar-refractivity contribution in [2.75, 3.05) is 5.75 Å². The molecular formula is C5H9NO2S. The van der Waals surface area contributed by atoms with Crippen LogP contribution in [0.3, 0.4) is 0 Å². The number of carbonyl (C=O) groups is 1. The number of nitrogens with two attached hydrogens (primary N) is 1. The summed E-state index contributed by atoms with van der Waals surface area (Å²) in [5, 5.41) is 8.20. The van der Waals surface area contributed by atoms with Gasteiger partial charge in [0.1, 0.15) is 5.25 Å². The number of hydrogen-bond acceptors (Lipinski definition) is 3. The van der Waals surface area contributed by atoms with Gasteiger partial charge in [-0.1, -0.05) is 0 Å². The predicted octanol–water partition coefficient (Wildman–Crippen LogP) is -0.0962. The molecule has 0 amide bonds. The van der Waals surface area contributed by atoms with Gasteiger partial charge in [-0.3, -0.25) is 4.79 Å². The molecule has 3 N–H and O–H groups in total. The molecule has 0 aromatic carbocycles. The highest BCUT2D eigenvalue weighted by Crippen LogP contribution is 2.25. The molecule has 0 aromatic heterocycles. The summed E-state index contributed by atoms with van der Waals surface area (Å²) in [6.45, 7) is 0. The fourth-order valence-corrected chi connectivity index (χ4v) is 1.96. The van der Waals surface area contributed by atoms with E-state index in [9.17, 15) is 4.79 Å². The molecule has 0 aliphatic carbocycles. The Morgan fingerprint density at radius 2 is 2.44 bits per heavy atom. The zero-order valence-corrected chi connectivity index (χ0v) is 5.73. The highest BCUT2D eigenvalue weighted by atomic mass is 32.2.